The number of amides is 1. The first-order valence-corrected chi connectivity index (χ1v) is 11.3. The Kier molecular flexibility index (Phi) is 6.67. The van der Waals surface area contributed by atoms with Gasteiger partial charge in [-0.2, -0.15) is 9.78 Å². The predicted molar refractivity (Wildman–Crippen MR) is 130 cm³/mol. The average Bonchev–Trinajstić information content (AvgIpc) is 3.23. The Hall–Kier alpha value is -3.75. The first-order valence-electron chi connectivity index (χ1n) is 9.99. The third-order valence-electron chi connectivity index (χ3n) is 4.66. The number of nitrogens with zero attached hydrogens (tertiary/aromatic N) is 2. The molecule has 4 aromatic rings. The molecule has 0 spiro atoms. The number of nitrogens with one attached hydrogen (secondary N) is 1. The van der Waals surface area contributed by atoms with Gasteiger partial charge in [0.15, 0.2) is 5.69 Å². The third kappa shape index (κ3) is 4.87. The van der Waals surface area contributed by atoms with Crippen molar-refractivity contribution in [2.45, 2.75) is 6.92 Å². The van der Waals surface area contributed by atoms with Gasteiger partial charge in [-0.1, -0.05) is 41.9 Å². The normalized spacial score (nSPS) is 11.1. The molecule has 0 saturated heterocycles. The molecule has 2 aromatic heterocycles. The van der Waals surface area contributed by atoms with Gasteiger partial charge in [0.25, 0.3) is 5.56 Å². The van der Waals surface area contributed by atoms with Crippen LogP contribution in [0, 0.1) is 0 Å². The summed E-state index contributed by atoms with van der Waals surface area (Å²) in [4.78, 5) is 38.5. The topological polar surface area (TPSA) is 90.3 Å². The molecule has 166 valence electrons. The van der Waals surface area contributed by atoms with Gasteiger partial charge in [0, 0.05) is 21.9 Å². The smallest absolute Gasteiger partial charge is 0.359 e. The molecule has 2 heterocycles. The molecule has 0 bridgehead atoms. The van der Waals surface area contributed by atoms with E-state index in [0.717, 1.165) is 21.6 Å². The Bertz CT molecular complexity index is 1410. The molecule has 0 saturated carbocycles. The van der Waals surface area contributed by atoms with Gasteiger partial charge in [0.2, 0.25) is 5.91 Å². The standard InChI is InChI=1S/C24H18ClN3O4S/c1-2-32-24(31)21-18-14-33-22(26-19(29)13-8-15-6-4-3-5-7-15)20(18)23(30)28(27-21)17-11-9-16(25)10-12-17/h3-14H,2H2,1H3,(H,26,29). The van der Waals surface area contributed by atoms with Crippen molar-refractivity contribution in [3.8, 4) is 5.69 Å². The van der Waals surface area contributed by atoms with Gasteiger partial charge < -0.3 is 10.1 Å². The molecule has 0 unspecified atom stereocenters. The Balaban J connectivity index is 1.79. The molecule has 0 atom stereocenters. The van der Waals surface area contributed by atoms with Crippen LogP contribution in [0.15, 0.2) is 70.8 Å². The van der Waals surface area contributed by atoms with E-state index < -0.39 is 17.4 Å². The molecule has 0 aliphatic carbocycles. The lowest BCUT2D eigenvalue weighted by atomic mass is 10.2. The molecule has 7 nitrogen and oxygen atoms in total. The van der Waals surface area contributed by atoms with E-state index in [2.05, 4.69) is 10.4 Å². The number of carbonyl (C=O) groups excluding carboxylic acids is 2. The quantitative estimate of drug-likeness (QED) is 0.313. The zero-order valence-electron chi connectivity index (χ0n) is 17.4. The summed E-state index contributed by atoms with van der Waals surface area (Å²) in [5, 5.41) is 9.90. The number of benzene rings is 2. The van der Waals surface area contributed by atoms with Crippen LogP contribution in [0.3, 0.4) is 0 Å². The summed E-state index contributed by atoms with van der Waals surface area (Å²) in [6, 6.07) is 15.8. The number of anilines is 1. The average molecular weight is 480 g/mol. The highest BCUT2D eigenvalue weighted by Gasteiger charge is 2.23. The summed E-state index contributed by atoms with van der Waals surface area (Å²) < 4.78 is 6.24. The number of esters is 1. The van der Waals surface area contributed by atoms with Crippen molar-refractivity contribution in [3.05, 3.63) is 92.7 Å². The molecule has 9 heteroatoms. The highest BCUT2D eigenvalue weighted by Crippen LogP contribution is 2.30. The number of hydrogen-bond acceptors (Lipinski definition) is 6. The number of hydrogen-bond donors (Lipinski definition) is 1. The van der Waals surface area contributed by atoms with Crippen LogP contribution in [-0.2, 0) is 9.53 Å². The number of rotatable bonds is 6. The second-order valence-electron chi connectivity index (χ2n) is 6.85. The molecule has 0 aliphatic rings. The van der Waals surface area contributed by atoms with Gasteiger partial charge in [-0.3, -0.25) is 9.59 Å². The number of carbonyl (C=O) groups is 2. The molecule has 4 rings (SSSR count). The minimum Gasteiger partial charge on any atom is -0.461 e. The number of thiophene rings is 1. The van der Waals surface area contributed by atoms with Crippen molar-refractivity contribution < 1.29 is 14.3 Å². The van der Waals surface area contributed by atoms with Crippen molar-refractivity contribution in [1.82, 2.24) is 9.78 Å². The lowest BCUT2D eigenvalue weighted by Crippen LogP contribution is -2.25. The zero-order valence-corrected chi connectivity index (χ0v) is 19.0. The first-order chi connectivity index (χ1) is 16.0. The summed E-state index contributed by atoms with van der Waals surface area (Å²) in [7, 11) is 0. The highest BCUT2D eigenvalue weighted by molar-refractivity contribution is 7.16. The van der Waals surface area contributed by atoms with Crippen LogP contribution in [0.25, 0.3) is 22.5 Å². The zero-order chi connectivity index (χ0) is 23.4. The lowest BCUT2D eigenvalue weighted by Gasteiger charge is -2.09. The van der Waals surface area contributed by atoms with Gasteiger partial charge in [-0.05, 0) is 42.8 Å². The van der Waals surface area contributed by atoms with Crippen LogP contribution in [0.4, 0.5) is 5.00 Å². The highest BCUT2D eigenvalue weighted by atomic mass is 35.5. The molecule has 0 fully saturated rings. The van der Waals surface area contributed by atoms with Gasteiger partial charge in [-0.25, -0.2) is 4.79 Å². The van der Waals surface area contributed by atoms with E-state index in [1.807, 2.05) is 30.3 Å². The molecular weight excluding hydrogens is 462 g/mol. The fraction of sp³-hybridized carbons (Fsp3) is 0.0833. The largest absolute Gasteiger partial charge is 0.461 e. The number of fused-ring (bicyclic) bond motifs is 1. The van der Waals surface area contributed by atoms with Crippen LogP contribution < -0.4 is 10.9 Å². The van der Waals surface area contributed by atoms with Crippen LogP contribution in [0.1, 0.15) is 23.0 Å². The summed E-state index contributed by atoms with van der Waals surface area (Å²) in [6.07, 6.45) is 3.05. The van der Waals surface area contributed by atoms with E-state index >= 15 is 0 Å². The van der Waals surface area contributed by atoms with Crippen molar-refractivity contribution >= 4 is 56.7 Å². The monoisotopic (exact) mass is 479 g/mol. The van der Waals surface area contributed by atoms with Crippen LogP contribution in [-0.4, -0.2) is 28.3 Å². The van der Waals surface area contributed by atoms with E-state index in [0.29, 0.717) is 21.1 Å². The Labute approximate surface area is 197 Å². The molecular formula is C24H18ClN3O4S. The molecule has 0 aliphatic heterocycles. The molecule has 33 heavy (non-hydrogen) atoms. The Morgan fingerprint density at radius 3 is 2.58 bits per heavy atom. The SMILES string of the molecule is CCOC(=O)c1nn(-c2ccc(Cl)cc2)c(=O)c2c(NC(=O)C=Cc3ccccc3)scc12. The molecule has 0 radical (unpaired) electrons. The lowest BCUT2D eigenvalue weighted by molar-refractivity contribution is -0.111. The molecule has 1 N–H and O–H groups in total. The fourth-order valence-electron chi connectivity index (χ4n) is 3.14. The maximum absolute atomic E-state index is 13.3. The van der Waals surface area contributed by atoms with E-state index in [9.17, 15) is 14.4 Å². The Morgan fingerprint density at radius 1 is 1.15 bits per heavy atom. The second kappa shape index (κ2) is 9.81. The Morgan fingerprint density at radius 2 is 1.88 bits per heavy atom. The molecule has 1 amide bonds. The number of aromatic nitrogens is 2. The summed E-state index contributed by atoms with van der Waals surface area (Å²) in [6.45, 7) is 1.84. The minimum atomic E-state index is -0.662. The van der Waals surface area contributed by atoms with Crippen LogP contribution in [0.2, 0.25) is 5.02 Å². The maximum atomic E-state index is 13.3. The van der Waals surface area contributed by atoms with Gasteiger partial charge in [0.05, 0.1) is 17.7 Å². The minimum absolute atomic E-state index is 0.0158. The van der Waals surface area contributed by atoms with E-state index in [4.69, 9.17) is 16.3 Å². The van der Waals surface area contributed by atoms with E-state index in [-0.39, 0.29) is 17.7 Å². The summed E-state index contributed by atoms with van der Waals surface area (Å²) >= 11 is 7.10. The van der Waals surface area contributed by atoms with Crippen LogP contribution >= 0.6 is 22.9 Å². The van der Waals surface area contributed by atoms with Crippen LogP contribution in [0.5, 0.6) is 0 Å². The number of halogens is 1. The fourth-order valence-corrected chi connectivity index (χ4v) is 4.20. The first kappa shape index (κ1) is 22.4. The van der Waals surface area contributed by atoms with Crippen molar-refractivity contribution in [2.24, 2.45) is 0 Å². The van der Waals surface area contributed by atoms with E-state index in [1.165, 1.54) is 6.08 Å². The van der Waals surface area contributed by atoms with Gasteiger partial charge >= 0.3 is 5.97 Å². The molecule has 2 aromatic carbocycles. The third-order valence-corrected chi connectivity index (χ3v) is 5.80. The van der Waals surface area contributed by atoms with Crippen molar-refractivity contribution in [1.29, 1.82) is 0 Å². The van der Waals surface area contributed by atoms with Crippen molar-refractivity contribution in [2.75, 3.05) is 11.9 Å². The van der Waals surface area contributed by atoms with Gasteiger partial charge in [0.1, 0.15) is 5.00 Å². The summed E-state index contributed by atoms with van der Waals surface area (Å²) in [5.74, 6) is -1.07. The number of ether oxygens (including phenoxy) is 1. The maximum Gasteiger partial charge on any atom is 0.359 e. The van der Waals surface area contributed by atoms with Crippen molar-refractivity contribution in [3.63, 3.8) is 0 Å². The predicted octanol–water partition coefficient (Wildman–Crippen LogP) is 4.93. The summed E-state index contributed by atoms with van der Waals surface area (Å²) in [5.41, 5.74) is 0.786. The van der Waals surface area contributed by atoms with Gasteiger partial charge in [-0.15, -0.1) is 11.3 Å². The second-order valence-corrected chi connectivity index (χ2v) is 8.17. The van der Waals surface area contributed by atoms with E-state index in [1.54, 1.807) is 42.6 Å².